The molecule has 0 amide bonds. The highest BCUT2D eigenvalue weighted by atomic mass is 35.7. The first-order chi connectivity index (χ1) is 7.66. The zero-order valence-corrected chi connectivity index (χ0v) is 12.0. The molecule has 96 valence electrons. The second-order valence-electron chi connectivity index (χ2n) is 4.78. The minimum absolute atomic E-state index is 0.0356. The maximum atomic E-state index is 11.5. The van der Waals surface area contributed by atoms with Gasteiger partial charge in [-0.05, 0) is 30.0 Å². The van der Waals surface area contributed by atoms with Crippen molar-refractivity contribution >= 4 is 19.7 Å². The Morgan fingerprint density at radius 1 is 1.29 bits per heavy atom. The Balaban J connectivity index is 3.40. The van der Waals surface area contributed by atoms with Gasteiger partial charge in [0.2, 0.25) is 0 Å². The lowest BCUT2D eigenvalue weighted by Gasteiger charge is -2.20. The number of hydrogen-bond donors (Lipinski definition) is 0. The molecule has 0 N–H and O–H groups in total. The Hall–Kier alpha value is -0.740. The third kappa shape index (κ3) is 3.61. The number of benzene rings is 1. The van der Waals surface area contributed by atoms with Crippen molar-refractivity contribution < 1.29 is 13.2 Å². The number of hydrogen-bond acceptors (Lipinski definition) is 3. The van der Waals surface area contributed by atoms with Gasteiger partial charge in [0.15, 0.2) is 0 Å². The van der Waals surface area contributed by atoms with Crippen molar-refractivity contribution in [3.05, 3.63) is 23.8 Å². The van der Waals surface area contributed by atoms with Crippen molar-refractivity contribution in [3.8, 4) is 5.75 Å². The van der Waals surface area contributed by atoms with Gasteiger partial charge in [0.25, 0.3) is 9.05 Å². The van der Waals surface area contributed by atoms with Gasteiger partial charge in [-0.1, -0.05) is 26.8 Å². The first-order valence-corrected chi connectivity index (χ1v) is 7.69. The van der Waals surface area contributed by atoms with Gasteiger partial charge in [-0.2, -0.15) is 0 Å². The molecule has 0 radical (unpaired) electrons. The van der Waals surface area contributed by atoms with Crippen LogP contribution < -0.4 is 4.74 Å². The highest BCUT2D eigenvalue weighted by Gasteiger charge is 2.21. The molecule has 0 heterocycles. The SMILES string of the molecule is CCOc1ccc(C(C)(C)C)cc1S(=O)(=O)Cl. The van der Waals surface area contributed by atoms with Crippen LogP contribution in [0.4, 0.5) is 0 Å². The van der Waals surface area contributed by atoms with Crippen molar-refractivity contribution in [1.29, 1.82) is 0 Å². The van der Waals surface area contributed by atoms with E-state index in [-0.39, 0.29) is 10.3 Å². The van der Waals surface area contributed by atoms with Crippen LogP contribution in [0, 0.1) is 0 Å². The standard InChI is InChI=1S/C12H17ClO3S/c1-5-16-10-7-6-9(12(2,3)4)8-11(10)17(13,14)15/h6-8H,5H2,1-4H3. The van der Waals surface area contributed by atoms with E-state index in [0.29, 0.717) is 12.4 Å². The van der Waals surface area contributed by atoms with E-state index in [1.54, 1.807) is 19.1 Å². The van der Waals surface area contributed by atoms with E-state index in [1.165, 1.54) is 0 Å². The third-order valence-electron chi connectivity index (χ3n) is 2.37. The van der Waals surface area contributed by atoms with Crippen molar-refractivity contribution in [2.24, 2.45) is 0 Å². The molecule has 0 aromatic heterocycles. The Kier molecular flexibility index (Phi) is 4.10. The third-order valence-corrected chi connectivity index (χ3v) is 3.72. The van der Waals surface area contributed by atoms with E-state index in [1.807, 2.05) is 26.8 Å². The molecular weight excluding hydrogens is 260 g/mol. The summed E-state index contributed by atoms with van der Waals surface area (Å²) in [7, 11) is 1.62. The van der Waals surface area contributed by atoms with Crippen LogP contribution in [-0.2, 0) is 14.5 Å². The summed E-state index contributed by atoms with van der Waals surface area (Å²) in [6, 6.07) is 5.09. The molecule has 0 aliphatic carbocycles. The quantitative estimate of drug-likeness (QED) is 0.796. The molecule has 1 aromatic carbocycles. The fourth-order valence-corrected chi connectivity index (χ4v) is 2.44. The fraction of sp³-hybridized carbons (Fsp3) is 0.500. The molecule has 0 atom stereocenters. The predicted molar refractivity (Wildman–Crippen MR) is 69.3 cm³/mol. The van der Waals surface area contributed by atoms with Gasteiger partial charge >= 0.3 is 0 Å². The number of ether oxygens (including phenoxy) is 1. The molecule has 0 aliphatic heterocycles. The summed E-state index contributed by atoms with van der Waals surface area (Å²) < 4.78 is 28.3. The fourth-order valence-electron chi connectivity index (χ4n) is 1.44. The second kappa shape index (κ2) is 4.86. The minimum atomic E-state index is -3.79. The zero-order chi connectivity index (χ0) is 13.3. The Morgan fingerprint density at radius 2 is 1.88 bits per heavy atom. The highest BCUT2D eigenvalue weighted by molar-refractivity contribution is 8.13. The molecular formula is C12H17ClO3S. The number of rotatable bonds is 3. The van der Waals surface area contributed by atoms with Gasteiger partial charge in [0, 0.05) is 10.7 Å². The van der Waals surface area contributed by atoms with Crippen LogP contribution in [0.3, 0.4) is 0 Å². The lowest BCUT2D eigenvalue weighted by Crippen LogP contribution is -2.12. The summed E-state index contributed by atoms with van der Waals surface area (Å²) in [4.78, 5) is 0.0356. The molecule has 5 heteroatoms. The largest absolute Gasteiger partial charge is 0.492 e. The van der Waals surface area contributed by atoms with Crippen molar-refractivity contribution in [2.75, 3.05) is 6.61 Å². The van der Waals surface area contributed by atoms with E-state index in [0.717, 1.165) is 5.56 Å². The first kappa shape index (κ1) is 14.3. The molecule has 0 fully saturated rings. The zero-order valence-electron chi connectivity index (χ0n) is 10.5. The van der Waals surface area contributed by atoms with Crippen LogP contribution in [0.1, 0.15) is 33.3 Å². The van der Waals surface area contributed by atoms with Gasteiger partial charge in [0.1, 0.15) is 10.6 Å². The predicted octanol–water partition coefficient (Wildman–Crippen LogP) is 3.31. The normalized spacial score (nSPS) is 12.5. The minimum Gasteiger partial charge on any atom is -0.492 e. The summed E-state index contributed by atoms with van der Waals surface area (Å²) in [6.45, 7) is 8.21. The van der Waals surface area contributed by atoms with E-state index in [9.17, 15) is 8.42 Å². The van der Waals surface area contributed by atoms with Crippen LogP contribution >= 0.6 is 10.7 Å². The second-order valence-corrected chi connectivity index (χ2v) is 7.32. The number of halogens is 1. The van der Waals surface area contributed by atoms with E-state index in [4.69, 9.17) is 15.4 Å². The summed E-state index contributed by atoms with van der Waals surface area (Å²) in [5, 5.41) is 0. The summed E-state index contributed by atoms with van der Waals surface area (Å²) >= 11 is 0. The van der Waals surface area contributed by atoms with E-state index >= 15 is 0 Å². The van der Waals surface area contributed by atoms with Crippen LogP contribution in [-0.4, -0.2) is 15.0 Å². The van der Waals surface area contributed by atoms with Crippen LogP contribution in [0.25, 0.3) is 0 Å². The van der Waals surface area contributed by atoms with Crippen molar-refractivity contribution in [3.63, 3.8) is 0 Å². The Bertz CT molecular complexity index is 501. The smallest absolute Gasteiger partial charge is 0.264 e. The van der Waals surface area contributed by atoms with Crippen molar-refractivity contribution in [2.45, 2.75) is 38.0 Å². The van der Waals surface area contributed by atoms with Gasteiger partial charge in [-0.25, -0.2) is 8.42 Å². The average Bonchev–Trinajstić information content (AvgIpc) is 2.15. The molecule has 0 saturated carbocycles. The lowest BCUT2D eigenvalue weighted by molar-refractivity contribution is 0.331. The van der Waals surface area contributed by atoms with Gasteiger partial charge in [0.05, 0.1) is 6.61 Å². The monoisotopic (exact) mass is 276 g/mol. The van der Waals surface area contributed by atoms with Crippen LogP contribution in [0.15, 0.2) is 23.1 Å². The van der Waals surface area contributed by atoms with Crippen molar-refractivity contribution in [1.82, 2.24) is 0 Å². The molecule has 0 aliphatic rings. The molecule has 0 spiro atoms. The van der Waals surface area contributed by atoms with Crippen LogP contribution in [0.2, 0.25) is 0 Å². The molecule has 0 bridgehead atoms. The molecule has 17 heavy (non-hydrogen) atoms. The molecule has 0 unspecified atom stereocenters. The molecule has 0 saturated heterocycles. The van der Waals surface area contributed by atoms with Gasteiger partial charge in [-0.3, -0.25) is 0 Å². The van der Waals surface area contributed by atoms with Gasteiger partial charge < -0.3 is 4.74 Å². The molecule has 1 rings (SSSR count). The highest BCUT2D eigenvalue weighted by Crippen LogP contribution is 2.32. The Labute approximate surface area is 107 Å². The summed E-state index contributed by atoms with van der Waals surface area (Å²) in [6.07, 6.45) is 0. The molecule has 1 aromatic rings. The van der Waals surface area contributed by atoms with E-state index < -0.39 is 9.05 Å². The topological polar surface area (TPSA) is 43.4 Å². The molecule has 3 nitrogen and oxygen atoms in total. The van der Waals surface area contributed by atoms with Gasteiger partial charge in [-0.15, -0.1) is 0 Å². The summed E-state index contributed by atoms with van der Waals surface area (Å²) in [5.41, 5.74) is 0.765. The maximum Gasteiger partial charge on any atom is 0.264 e. The Morgan fingerprint density at radius 3 is 2.29 bits per heavy atom. The van der Waals surface area contributed by atoms with E-state index in [2.05, 4.69) is 0 Å². The van der Waals surface area contributed by atoms with Crippen LogP contribution in [0.5, 0.6) is 5.75 Å². The average molecular weight is 277 g/mol. The first-order valence-electron chi connectivity index (χ1n) is 5.38. The maximum absolute atomic E-state index is 11.5. The lowest BCUT2D eigenvalue weighted by atomic mass is 9.87. The summed E-state index contributed by atoms with van der Waals surface area (Å²) in [5.74, 6) is 0.301.